The summed E-state index contributed by atoms with van der Waals surface area (Å²) >= 11 is 12.0. The minimum atomic E-state index is -1.10. The van der Waals surface area contributed by atoms with Gasteiger partial charge in [-0.3, -0.25) is 4.79 Å². The predicted octanol–water partition coefficient (Wildman–Crippen LogP) is 3.94. The van der Waals surface area contributed by atoms with E-state index in [1.165, 1.54) is 6.07 Å². The summed E-state index contributed by atoms with van der Waals surface area (Å²) in [7, 11) is 1.05. The number of pyridine rings is 1. The van der Waals surface area contributed by atoms with Crippen LogP contribution >= 0.6 is 23.2 Å². The standard InChI is InChI=1S/C16H12Cl2F2N2O3/c1-7-3-10(17)8(15(18)21-7)5-14(23)22-13-4-9(16(24)25-2)11(19)6-12(13)20/h3-4,6H,5H2,1-2H3,(H,22,23). The number of nitrogens with one attached hydrogen (secondary N) is 1. The molecule has 0 saturated carbocycles. The number of carbonyl (C=O) groups excluding carboxylic acids is 2. The molecule has 1 heterocycles. The van der Waals surface area contributed by atoms with Gasteiger partial charge in [0.2, 0.25) is 5.91 Å². The lowest BCUT2D eigenvalue weighted by Crippen LogP contribution is -2.17. The number of benzene rings is 1. The van der Waals surface area contributed by atoms with Crippen molar-refractivity contribution in [3.63, 3.8) is 0 Å². The number of aromatic nitrogens is 1. The Hall–Kier alpha value is -2.25. The molecule has 2 rings (SSSR count). The number of hydrogen-bond acceptors (Lipinski definition) is 4. The Balaban J connectivity index is 2.25. The Kier molecular flexibility index (Phi) is 5.92. The molecule has 1 aromatic carbocycles. The third-order valence-electron chi connectivity index (χ3n) is 3.22. The van der Waals surface area contributed by atoms with Crippen LogP contribution in [0.4, 0.5) is 14.5 Å². The van der Waals surface area contributed by atoms with E-state index in [1.807, 2.05) is 0 Å². The molecule has 0 bridgehead atoms. The number of nitrogens with zero attached hydrogens (tertiary/aromatic N) is 1. The van der Waals surface area contributed by atoms with Crippen LogP contribution in [0.2, 0.25) is 10.2 Å². The van der Waals surface area contributed by atoms with Gasteiger partial charge in [-0.25, -0.2) is 18.6 Å². The number of methoxy groups -OCH3 is 1. The quantitative estimate of drug-likeness (QED) is 0.635. The second kappa shape index (κ2) is 7.76. The number of ether oxygens (including phenoxy) is 1. The second-order valence-electron chi connectivity index (χ2n) is 5.04. The summed E-state index contributed by atoms with van der Waals surface area (Å²) in [5, 5.41) is 2.53. The van der Waals surface area contributed by atoms with E-state index in [4.69, 9.17) is 23.2 Å². The van der Waals surface area contributed by atoms with Crippen LogP contribution in [0.5, 0.6) is 0 Å². The maximum Gasteiger partial charge on any atom is 0.340 e. The first-order valence-electron chi connectivity index (χ1n) is 6.91. The molecule has 1 amide bonds. The highest BCUT2D eigenvalue weighted by Gasteiger charge is 2.19. The zero-order chi connectivity index (χ0) is 18.7. The SMILES string of the molecule is COC(=O)c1cc(NC(=O)Cc2c(Cl)cc(C)nc2Cl)c(F)cc1F. The van der Waals surface area contributed by atoms with Crippen LogP contribution in [0.1, 0.15) is 21.6 Å². The summed E-state index contributed by atoms with van der Waals surface area (Å²) in [5.41, 5.74) is -0.0417. The van der Waals surface area contributed by atoms with Crippen molar-refractivity contribution in [3.05, 3.63) is 56.8 Å². The smallest absolute Gasteiger partial charge is 0.340 e. The molecule has 0 aliphatic heterocycles. The Bertz CT molecular complexity index is 837. The van der Waals surface area contributed by atoms with Gasteiger partial charge in [0.1, 0.15) is 16.8 Å². The fourth-order valence-corrected chi connectivity index (χ4v) is 2.71. The van der Waals surface area contributed by atoms with Gasteiger partial charge in [-0.15, -0.1) is 0 Å². The number of amides is 1. The summed E-state index contributed by atoms with van der Waals surface area (Å²) in [6.45, 7) is 1.68. The normalized spacial score (nSPS) is 10.5. The number of carbonyl (C=O) groups is 2. The van der Waals surface area contributed by atoms with E-state index in [-0.39, 0.29) is 27.8 Å². The summed E-state index contributed by atoms with van der Waals surface area (Å²) < 4.78 is 31.8. The molecule has 2 aromatic rings. The van der Waals surface area contributed by atoms with Crippen LogP contribution in [-0.2, 0) is 16.0 Å². The monoisotopic (exact) mass is 388 g/mol. The number of rotatable bonds is 4. The molecular formula is C16H12Cl2F2N2O3. The first-order chi connectivity index (χ1) is 11.7. The Morgan fingerprint density at radius 2 is 1.88 bits per heavy atom. The Morgan fingerprint density at radius 3 is 2.48 bits per heavy atom. The van der Waals surface area contributed by atoms with E-state index in [9.17, 15) is 18.4 Å². The van der Waals surface area contributed by atoms with Crippen molar-refractivity contribution in [2.45, 2.75) is 13.3 Å². The first kappa shape index (κ1) is 19.1. The largest absolute Gasteiger partial charge is 0.465 e. The molecule has 25 heavy (non-hydrogen) atoms. The average molecular weight is 389 g/mol. The van der Waals surface area contributed by atoms with E-state index in [0.29, 0.717) is 11.8 Å². The van der Waals surface area contributed by atoms with Crippen molar-refractivity contribution in [3.8, 4) is 0 Å². The third kappa shape index (κ3) is 4.43. The van der Waals surface area contributed by atoms with Gasteiger partial charge in [-0.05, 0) is 19.1 Å². The molecule has 0 aliphatic rings. The van der Waals surface area contributed by atoms with Crippen molar-refractivity contribution in [1.82, 2.24) is 4.98 Å². The molecule has 132 valence electrons. The van der Waals surface area contributed by atoms with Gasteiger partial charge in [0.25, 0.3) is 0 Å². The van der Waals surface area contributed by atoms with Crippen molar-refractivity contribution in [1.29, 1.82) is 0 Å². The number of anilines is 1. The topological polar surface area (TPSA) is 68.3 Å². The molecule has 0 saturated heterocycles. The van der Waals surface area contributed by atoms with Gasteiger partial charge in [0, 0.05) is 22.3 Å². The zero-order valence-electron chi connectivity index (χ0n) is 13.1. The van der Waals surface area contributed by atoms with E-state index in [0.717, 1.165) is 13.2 Å². The second-order valence-corrected chi connectivity index (χ2v) is 5.81. The molecule has 1 N–H and O–H groups in total. The van der Waals surface area contributed by atoms with Gasteiger partial charge in [0.05, 0.1) is 24.8 Å². The maximum atomic E-state index is 13.8. The van der Waals surface area contributed by atoms with Gasteiger partial charge < -0.3 is 10.1 Å². The summed E-state index contributed by atoms with van der Waals surface area (Å²) in [6.07, 6.45) is -0.282. The van der Waals surface area contributed by atoms with Crippen LogP contribution in [0, 0.1) is 18.6 Å². The maximum absolute atomic E-state index is 13.8. The molecule has 0 spiro atoms. The van der Waals surface area contributed by atoms with Crippen LogP contribution in [-0.4, -0.2) is 24.0 Å². The van der Waals surface area contributed by atoms with Crippen LogP contribution in [0.15, 0.2) is 18.2 Å². The molecule has 0 fully saturated rings. The molecule has 0 atom stereocenters. The number of aryl methyl sites for hydroxylation is 1. The van der Waals surface area contributed by atoms with Gasteiger partial charge in [-0.2, -0.15) is 0 Å². The highest BCUT2D eigenvalue weighted by atomic mass is 35.5. The summed E-state index contributed by atoms with van der Waals surface area (Å²) in [6, 6.07) is 2.87. The van der Waals surface area contributed by atoms with Crippen LogP contribution in [0.25, 0.3) is 0 Å². The van der Waals surface area contributed by atoms with E-state index >= 15 is 0 Å². The summed E-state index contributed by atoms with van der Waals surface area (Å²) in [4.78, 5) is 27.6. The molecule has 0 radical (unpaired) electrons. The van der Waals surface area contributed by atoms with Crippen molar-refractivity contribution in [2.75, 3.05) is 12.4 Å². The zero-order valence-corrected chi connectivity index (χ0v) is 14.6. The fraction of sp³-hybridized carbons (Fsp3) is 0.188. The van der Waals surface area contributed by atoms with Gasteiger partial charge in [0.15, 0.2) is 0 Å². The van der Waals surface area contributed by atoms with Gasteiger partial charge >= 0.3 is 5.97 Å². The lowest BCUT2D eigenvalue weighted by Gasteiger charge is -2.11. The number of halogens is 4. The lowest BCUT2D eigenvalue weighted by atomic mass is 10.1. The summed E-state index contributed by atoms with van der Waals surface area (Å²) in [5.74, 6) is -3.81. The highest BCUT2D eigenvalue weighted by molar-refractivity contribution is 6.35. The van der Waals surface area contributed by atoms with Crippen LogP contribution < -0.4 is 5.32 Å². The molecule has 5 nitrogen and oxygen atoms in total. The molecular weight excluding hydrogens is 377 g/mol. The van der Waals surface area contributed by atoms with E-state index in [2.05, 4.69) is 15.0 Å². The highest BCUT2D eigenvalue weighted by Crippen LogP contribution is 2.25. The Morgan fingerprint density at radius 1 is 1.20 bits per heavy atom. The molecule has 0 aliphatic carbocycles. The van der Waals surface area contributed by atoms with Crippen molar-refractivity contribution < 1.29 is 23.1 Å². The first-order valence-corrected chi connectivity index (χ1v) is 7.67. The lowest BCUT2D eigenvalue weighted by molar-refractivity contribution is -0.115. The molecule has 9 heteroatoms. The van der Waals surface area contributed by atoms with Crippen LogP contribution in [0.3, 0.4) is 0 Å². The van der Waals surface area contributed by atoms with Crippen molar-refractivity contribution in [2.24, 2.45) is 0 Å². The van der Waals surface area contributed by atoms with Crippen molar-refractivity contribution >= 4 is 40.8 Å². The van der Waals surface area contributed by atoms with Gasteiger partial charge in [-0.1, -0.05) is 23.2 Å². The average Bonchev–Trinajstić information content (AvgIpc) is 2.52. The van der Waals surface area contributed by atoms with E-state index < -0.39 is 29.1 Å². The minimum Gasteiger partial charge on any atom is -0.465 e. The predicted molar refractivity (Wildman–Crippen MR) is 89.0 cm³/mol. The fourth-order valence-electron chi connectivity index (χ4n) is 2.05. The number of hydrogen-bond donors (Lipinski definition) is 1. The third-order valence-corrected chi connectivity index (χ3v) is 3.87. The molecule has 1 aromatic heterocycles. The molecule has 0 unspecified atom stereocenters. The van der Waals surface area contributed by atoms with E-state index in [1.54, 1.807) is 6.92 Å². The Labute approximate surface area is 151 Å². The number of esters is 1. The minimum absolute atomic E-state index is 0.0509.